The Morgan fingerprint density at radius 3 is 2.48 bits per heavy atom. The zero-order chi connectivity index (χ0) is 17.0. The predicted molar refractivity (Wildman–Crippen MR) is 89.5 cm³/mol. The van der Waals surface area contributed by atoms with E-state index in [0.29, 0.717) is 21.8 Å². The lowest BCUT2D eigenvalue weighted by atomic mass is 10.00. The van der Waals surface area contributed by atoms with Gasteiger partial charge in [-0.05, 0) is 18.2 Å². The summed E-state index contributed by atoms with van der Waals surface area (Å²) in [5.74, 6) is -0.930. The molecule has 0 fully saturated rings. The summed E-state index contributed by atoms with van der Waals surface area (Å²) >= 11 is 11.2. The van der Waals surface area contributed by atoms with Crippen molar-refractivity contribution < 1.29 is 14.4 Å². The highest BCUT2D eigenvalue weighted by atomic mass is 35.5. The summed E-state index contributed by atoms with van der Waals surface area (Å²) in [6, 6.07) is 13.4. The van der Waals surface area contributed by atoms with E-state index in [2.05, 4.69) is 5.16 Å². The molecule has 4 nitrogen and oxygen atoms in total. The molecule has 2 rings (SSSR count). The van der Waals surface area contributed by atoms with E-state index in [1.165, 1.54) is 19.2 Å². The van der Waals surface area contributed by atoms with Gasteiger partial charge < -0.3 is 10.1 Å². The van der Waals surface area contributed by atoms with Crippen molar-refractivity contribution >= 4 is 40.5 Å². The summed E-state index contributed by atoms with van der Waals surface area (Å²) in [7, 11) is 1.38. The SMILES string of the molecule is CN(C(=O)C(F)Cl)c1ccc(Cl)cc1C(=NO)c1ccccc1. The number of benzene rings is 2. The molecule has 7 heteroatoms. The Hall–Kier alpha value is -2.11. The van der Waals surface area contributed by atoms with Crippen molar-refractivity contribution in [1.82, 2.24) is 0 Å². The number of rotatable bonds is 4. The fourth-order valence-corrected chi connectivity index (χ4v) is 2.44. The average Bonchev–Trinajstić information content (AvgIpc) is 2.55. The van der Waals surface area contributed by atoms with Gasteiger partial charge in [0.2, 0.25) is 0 Å². The van der Waals surface area contributed by atoms with Gasteiger partial charge in [0, 0.05) is 23.2 Å². The molecule has 0 saturated carbocycles. The number of oxime groups is 1. The van der Waals surface area contributed by atoms with Gasteiger partial charge in [0.1, 0.15) is 5.71 Å². The number of halogens is 3. The molecule has 2 aromatic carbocycles. The Morgan fingerprint density at radius 1 is 1.26 bits per heavy atom. The molecule has 0 radical (unpaired) electrons. The van der Waals surface area contributed by atoms with E-state index in [9.17, 15) is 14.4 Å². The Kier molecular flexibility index (Phi) is 5.58. The van der Waals surface area contributed by atoms with Crippen LogP contribution >= 0.6 is 23.2 Å². The van der Waals surface area contributed by atoms with Crippen LogP contribution in [0.25, 0.3) is 0 Å². The molecular weight excluding hydrogens is 342 g/mol. The highest BCUT2D eigenvalue weighted by Crippen LogP contribution is 2.27. The van der Waals surface area contributed by atoms with E-state index in [1.807, 2.05) is 6.07 Å². The van der Waals surface area contributed by atoms with Gasteiger partial charge in [0.05, 0.1) is 5.69 Å². The van der Waals surface area contributed by atoms with Crippen LogP contribution in [0.2, 0.25) is 5.02 Å². The summed E-state index contributed by atoms with van der Waals surface area (Å²) in [6.45, 7) is 0. The highest BCUT2D eigenvalue weighted by molar-refractivity contribution is 6.33. The van der Waals surface area contributed by atoms with Crippen molar-refractivity contribution in [2.75, 3.05) is 11.9 Å². The van der Waals surface area contributed by atoms with E-state index in [1.54, 1.807) is 30.3 Å². The van der Waals surface area contributed by atoms with Crippen LogP contribution in [0.5, 0.6) is 0 Å². The number of carbonyl (C=O) groups is 1. The molecule has 23 heavy (non-hydrogen) atoms. The van der Waals surface area contributed by atoms with Crippen LogP contribution in [0.3, 0.4) is 0 Å². The molecule has 1 unspecified atom stereocenters. The van der Waals surface area contributed by atoms with E-state index >= 15 is 0 Å². The first-order valence-corrected chi connectivity index (χ1v) is 7.40. The number of hydrogen-bond donors (Lipinski definition) is 1. The lowest BCUT2D eigenvalue weighted by Gasteiger charge is -2.21. The van der Waals surface area contributed by atoms with Crippen molar-refractivity contribution in [1.29, 1.82) is 0 Å². The first-order chi connectivity index (χ1) is 11.0. The minimum Gasteiger partial charge on any atom is -0.410 e. The van der Waals surface area contributed by atoms with Crippen molar-refractivity contribution in [3.05, 3.63) is 64.7 Å². The highest BCUT2D eigenvalue weighted by Gasteiger charge is 2.24. The molecule has 0 aliphatic rings. The normalized spacial score (nSPS) is 12.8. The first-order valence-electron chi connectivity index (χ1n) is 6.58. The number of carbonyl (C=O) groups excluding carboxylic acids is 1. The molecule has 0 saturated heterocycles. The third kappa shape index (κ3) is 3.81. The van der Waals surface area contributed by atoms with Crippen molar-refractivity contribution in [3.63, 3.8) is 0 Å². The minimum atomic E-state index is -2.17. The summed E-state index contributed by atoms with van der Waals surface area (Å²) in [5, 5.41) is 13.1. The van der Waals surface area contributed by atoms with Gasteiger partial charge in [0.25, 0.3) is 11.5 Å². The van der Waals surface area contributed by atoms with Crippen LogP contribution in [0.15, 0.2) is 53.7 Å². The zero-order valence-corrected chi connectivity index (χ0v) is 13.6. The Labute approximate surface area is 142 Å². The van der Waals surface area contributed by atoms with Crippen LogP contribution in [-0.2, 0) is 4.79 Å². The van der Waals surface area contributed by atoms with E-state index in [-0.39, 0.29) is 5.71 Å². The Balaban J connectivity index is 2.57. The molecule has 1 N–H and O–H groups in total. The Bertz CT molecular complexity index is 736. The molecule has 0 aliphatic carbocycles. The first kappa shape index (κ1) is 17.2. The second-order valence-corrected chi connectivity index (χ2v) is 5.49. The minimum absolute atomic E-state index is 0.202. The molecule has 120 valence electrons. The van der Waals surface area contributed by atoms with Crippen LogP contribution in [-0.4, -0.2) is 29.5 Å². The lowest BCUT2D eigenvalue weighted by molar-refractivity contribution is -0.120. The fourth-order valence-electron chi connectivity index (χ4n) is 2.12. The monoisotopic (exact) mass is 354 g/mol. The number of nitrogens with zero attached hydrogens (tertiary/aromatic N) is 2. The number of hydrogen-bond acceptors (Lipinski definition) is 3. The molecule has 0 bridgehead atoms. The topological polar surface area (TPSA) is 52.9 Å². The van der Waals surface area contributed by atoms with Crippen LogP contribution in [0.4, 0.5) is 10.1 Å². The smallest absolute Gasteiger partial charge is 0.276 e. The van der Waals surface area contributed by atoms with Gasteiger partial charge in [-0.2, -0.15) is 0 Å². The number of amides is 1. The standard InChI is InChI=1S/C16H13Cl2FN2O2/c1-21(16(22)15(18)19)13-8-7-11(17)9-12(13)14(20-23)10-5-3-2-4-6-10/h2-9,15,23H,1H3. The van der Waals surface area contributed by atoms with Gasteiger partial charge in [-0.3, -0.25) is 4.79 Å². The quantitative estimate of drug-likeness (QED) is 0.389. The molecule has 2 aromatic rings. The van der Waals surface area contributed by atoms with Gasteiger partial charge in [-0.15, -0.1) is 0 Å². The van der Waals surface area contributed by atoms with E-state index in [4.69, 9.17) is 23.2 Å². The fraction of sp³-hybridized carbons (Fsp3) is 0.125. The van der Waals surface area contributed by atoms with E-state index < -0.39 is 11.5 Å². The second kappa shape index (κ2) is 7.44. The zero-order valence-electron chi connectivity index (χ0n) is 12.1. The molecule has 0 aliphatic heterocycles. The van der Waals surface area contributed by atoms with Gasteiger partial charge >= 0.3 is 0 Å². The number of alkyl halides is 2. The summed E-state index contributed by atoms with van der Waals surface area (Å²) in [6.07, 6.45) is 0. The van der Waals surface area contributed by atoms with Crippen molar-refractivity contribution in [2.24, 2.45) is 5.16 Å². The maximum Gasteiger partial charge on any atom is 0.276 e. The number of anilines is 1. The predicted octanol–water partition coefficient (Wildman–Crippen LogP) is 4.06. The van der Waals surface area contributed by atoms with Crippen LogP contribution in [0.1, 0.15) is 11.1 Å². The molecule has 0 heterocycles. The van der Waals surface area contributed by atoms with Gasteiger partial charge in [-0.1, -0.05) is 58.7 Å². The third-order valence-electron chi connectivity index (χ3n) is 3.24. The summed E-state index contributed by atoms with van der Waals surface area (Å²) in [4.78, 5) is 12.9. The van der Waals surface area contributed by atoms with Crippen molar-refractivity contribution in [2.45, 2.75) is 5.63 Å². The second-order valence-electron chi connectivity index (χ2n) is 4.67. The Morgan fingerprint density at radius 2 is 1.91 bits per heavy atom. The van der Waals surface area contributed by atoms with E-state index in [0.717, 1.165) is 4.90 Å². The molecular formula is C16H13Cl2FN2O2. The van der Waals surface area contributed by atoms with Gasteiger partial charge in [0.15, 0.2) is 0 Å². The molecule has 0 aromatic heterocycles. The lowest BCUT2D eigenvalue weighted by Crippen LogP contribution is -2.32. The van der Waals surface area contributed by atoms with Gasteiger partial charge in [-0.25, -0.2) is 4.39 Å². The maximum absolute atomic E-state index is 13.1. The van der Waals surface area contributed by atoms with Crippen LogP contribution < -0.4 is 4.90 Å². The molecule has 1 amide bonds. The largest absolute Gasteiger partial charge is 0.410 e. The maximum atomic E-state index is 13.1. The average molecular weight is 355 g/mol. The van der Waals surface area contributed by atoms with Crippen LogP contribution in [0, 0.1) is 0 Å². The van der Waals surface area contributed by atoms with Crippen molar-refractivity contribution in [3.8, 4) is 0 Å². The summed E-state index contributed by atoms with van der Waals surface area (Å²) in [5.41, 5.74) is -0.664. The third-order valence-corrected chi connectivity index (χ3v) is 3.66. The molecule has 0 spiro atoms. The molecule has 1 atom stereocenters. The summed E-state index contributed by atoms with van der Waals surface area (Å²) < 4.78 is 13.1.